The van der Waals surface area contributed by atoms with Gasteiger partial charge in [-0.05, 0) is 26.7 Å². The number of nitrogens with zero attached hydrogens (tertiary/aromatic N) is 3. The van der Waals surface area contributed by atoms with Crippen molar-refractivity contribution in [2.75, 3.05) is 14.1 Å². The summed E-state index contributed by atoms with van der Waals surface area (Å²) in [7, 11) is 3.88. The number of likely N-dealkylation sites (N-methyl/N-ethyl adjacent to an activating group) is 1. The molecule has 4 heteroatoms. The van der Waals surface area contributed by atoms with E-state index in [2.05, 4.69) is 4.99 Å². The van der Waals surface area contributed by atoms with Gasteiger partial charge < -0.3 is 4.90 Å². The third-order valence-electron chi connectivity index (χ3n) is 3.30. The highest BCUT2D eigenvalue weighted by Crippen LogP contribution is 2.38. The van der Waals surface area contributed by atoms with Crippen molar-refractivity contribution in [1.29, 1.82) is 0 Å². The molecule has 1 radical (unpaired) electrons. The first-order chi connectivity index (χ1) is 6.81. The van der Waals surface area contributed by atoms with Gasteiger partial charge in [0.1, 0.15) is 17.0 Å². The van der Waals surface area contributed by atoms with Crippen molar-refractivity contribution in [2.24, 2.45) is 4.99 Å². The molecule has 0 saturated carbocycles. The van der Waals surface area contributed by atoms with E-state index in [1.807, 2.05) is 46.7 Å². The van der Waals surface area contributed by atoms with E-state index in [1.165, 1.54) is 0 Å². The Morgan fingerprint density at radius 2 is 1.73 bits per heavy atom. The summed E-state index contributed by atoms with van der Waals surface area (Å²) in [5, 5.41) is 13.5. The van der Waals surface area contributed by atoms with Crippen molar-refractivity contribution in [2.45, 2.75) is 51.7 Å². The Morgan fingerprint density at radius 3 is 1.93 bits per heavy atom. The molecule has 4 nitrogen and oxygen atoms in total. The molecule has 15 heavy (non-hydrogen) atoms. The zero-order chi connectivity index (χ0) is 11.9. The summed E-state index contributed by atoms with van der Waals surface area (Å²) in [6, 6.07) is 0. The fourth-order valence-electron chi connectivity index (χ4n) is 2.33. The first-order valence-electron chi connectivity index (χ1n) is 5.57. The zero-order valence-electron chi connectivity index (χ0n) is 10.7. The Kier molecular flexibility index (Phi) is 3.12. The van der Waals surface area contributed by atoms with Crippen LogP contribution in [-0.4, -0.2) is 41.1 Å². The predicted molar refractivity (Wildman–Crippen MR) is 61.0 cm³/mol. The van der Waals surface area contributed by atoms with Gasteiger partial charge in [-0.25, -0.2) is 4.99 Å². The lowest BCUT2D eigenvalue weighted by Gasteiger charge is -2.35. The van der Waals surface area contributed by atoms with E-state index in [1.54, 1.807) is 0 Å². The molecule has 0 spiro atoms. The van der Waals surface area contributed by atoms with Gasteiger partial charge in [-0.3, -0.25) is 0 Å². The topological polar surface area (TPSA) is 38.7 Å². The van der Waals surface area contributed by atoms with Crippen LogP contribution in [-0.2, 0) is 5.21 Å². The van der Waals surface area contributed by atoms with E-state index in [0.717, 1.165) is 23.7 Å². The molecule has 0 aromatic heterocycles. The van der Waals surface area contributed by atoms with Crippen LogP contribution in [0.5, 0.6) is 0 Å². The Hall–Kier alpha value is -0.610. The van der Waals surface area contributed by atoms with Gasteiger partial charge >= 0.3 is 0 Å². The van der Waals surface area contributed by atoms with E-state index >= 15 is 0 Å². The predicted octanol–water partition coefficient (Wildman–Crippen LogP) is 1.90. The Bertz CT molecular complexity index is 267. The average molecular weight is 212 g/mol. The molecule has 0 fully saturated rings. The van der Waals surface area contributed by atoms with E-state index in [-0.39, 0.29) is 0 Å². The quantitative estimate of drug-likeness (QED) is 0.701. The van der Waals surface area contributed by atoms with E-state index in [4.69, 9.17) is 0 Å². The number of amidine groups is 1. The van der Waals surface area contributed by atoms with Gasteiger partial charge in [0.15, 0.2) is 0 Å². The first-order valence-corrected chi connectivity index (χ1v) is 5.57. The van der Waals surface area contributed by atoms with Crippen LogP contribution in [0.4, 0.5) is 0 Å². The lowest BCUT2D eigenvalue weighted by atomic mass is 10.00. The molecule has 87 valence electrons. The van der Waals surface area contributed by atoms with Gasteiger partial charge in [-0.1, -0.05) is 13.8 Å². The highest BCUT2D eigenvalue weighted by Gasteiger charge is 2.52. The number of hydrogen-bond acceptors (Lipinski definition) is 3. The standard InChI is InChI=1S/C11H22N3O/c1-7-11(8-2)12-9(13(5)6)10(3,4)14(11)15/h7-8H2,1-6H3. The molecule has 0 aliphatic carbocycles. The van der Waals surface area contributed by atoms with E-state index in [9.17, 15) is 5.21 Å². The summed E-state index contributed by atoms with van der Waals surface area (Å²) in [4.78, 5) is 6.59. The Balaban J connectivity index is 3.17. The number of hydroxylamine groups is 2. The molecule has 0 bridgehead atoms. The van der Waals surface area contributed by atoms with Gasteiger partial charge in [0.05, 0.1) is 0 Å². The molecule has 1 heterocycles. The lowest BCUT2D eigenvalue weighted by Crippen LogP contribution is -2.53. The van der Waals surface area contributed by atoms with Crippen LogP contribution < -0.4 is 0 Å². The molecule has 0 amide bonds. The fourth-order valence-corrected chi connectivity index (χ4v) is 2.33. The highest BCUT2D eigenvalue weighted by atomic mass is 16.5. The summed E-state index contributed by atoms with van der Waals surface area (Å²) in [5.74, 6) is 0.876. The number of aliphatic imine (C=N–C) groups is 1. The van der Waals surface area contributed by atoms with Gasteiger partial charge in [-0.15, -0.1) is 10.3 Å². The summed E-state index contributed by atoms with van der Waals surface area (Å²) in [5.41, 5.74) is -1.07. The van der Waals surface area contributed by atoms with Crippen LogP contribution in [0, 0.1) is 0 Å². The summed E-state index contributed by atoms with van der Waals surface area (Å²) >= 11 is 0. The minimum Gasteiger partial charge on any atom is -0.365 e. The monoisotopic (exact) mass is 212 g/mol. The van der Waals surface area contributed by atoms with Crippen LogP contribution in [0.15, 0.2) is 4.99 Å². The van der Waals surface area contributed by atoms with Gasteiger partial charge in [0.25, 0.3) is 0 Å². The summed E-state index contributed by atoms with van der Waals surface area (Å²) < 4.78 is 0. The van der Waals surface area contributed by atoms with Crippen LogP contribution >= 0.6 is 0 Å². The van der Waals surface area contributed by atoms with Crippen LogP contribution in [0.3, 0.4) is 0 Å². The van der Waals surface area contributed by atoms with Crippen LogP contribution in [0.2, 0.25) is 0 Å². The van der Waals surface area contributed by atoms with Gasteiger partial charge in [-0.2, -0.15) is 0 Å². The van der Waals surface area contributed by atoms with Crippen molar-refractivity contribution >= 4 is 5.84 Å². The molecule has 0 N–H and O–H groups in total. The average Bonchev–Trinajstić information content (AvgIpc) is 2.38. The number of hydrogen-bond donors (Lipinski definition) is 0. The first kappa shape index (κ1) is 12.5. The largest absolute Gasteiger partial charge is 0.365 e. The minimum absolute atomic E-state index is 0.518. The number of rotatable bonds is 2. The zero-order valence-corrected chi connectivity index (χ0v) is 10.7. The maximum absolute atomic E-state index is 12.3. The Morgan fingerprint density at radius 1 is 1.27 bits per heavy atom. The van der Waals surface area contributed by atoms with Crippen molar-refractivity contribution in [3.63, 3.8) is 0 Å². The van der Waals surface area contributed by atoms with Gasteiger partial charge in [0, 0.05) is 14.1 Å². The SMILES string of the molecule is CCC1(CC)N=C(N(C)C)C(C)(C)N1[O]. The second-order valence-electron chi connectivity index (χ2n) is 4.87. The highest BCUT2D eigenvalue weighted by molar-refractivity contribution is 5.92. The maximum atomic E-state index is 12.3. The minimum atomic E-state index is -0.552. The van der Waals surface area contributed by atoms with Crippen LogP contribution in [0.25, 0.3) is 0 Å². The Labute approximate surface area is 92.5 Å². The summed E-state index contributed by atoms with van der Waals surface area (Å²) in [6.45, 7) is 7.91. The molecule has 1 rings (SSSR count). The maximum Gasteiger partial charge on any atom is 0.141 e. The lowest BCUT2D eigenvalue weighted by molar-refractivity contribution is -0.252. The second kappa shape index (κ2) is 3.76. The molecular formula is C11H22N3O. The van der Waals surface area contributed by atoms with E-state index in [0.29, 0.717) is 0 Å². The molecule has 0 aromatic rings. The van der Waals surface area contributed by atoms with Crippen molar-refractivity contribution in [1.82, 2.24) is 9.96 Å². The second-order valence-corrected chi connectivity index (χ2v) is 4.87. The summed E-state index contributed by atoms with van der Waals surface area (Å²) in [6.07, 6.45) is 1.52. The third-order valence-corrected chi connectivity index (χ3v) is 3.30. The van der Waals surface area contributed by atoms with Crippen molar-refractivity contribution in [3.05, 3.63) is 0 Å². The fraction of sp³-hybridized carbons (Fsp3) is 0.909. The smallest absolute Gasteiger partial charge is 0.141 e. The molecule has 1 aliphatic heterocycles. The normalized spacial score (nSPS) is 24.1. The molecule has 0 unspecified atom stereocenters. The van der Waals surface area contributed by atoms with Gasteiger partial charge in [0.2, 0.25) is 0 Å². The molecular weight excluding hydrogens is 190 g/mol. The van der Waals surface area contributed by atoms with Crippen LogP contribution in [0.1, 0.15) is 40.5 Å². The molecule has 1 aliphatic rings. The third kappa shape index (κ3) is 1.66. The molecule has 0 aromatic carbocycles. The molecule has 0 saturated heterocycles. The molecule has 0 atom stereocenters. The van der Waals surface area contributed by atoms with Crippen molar-refractivity contribution in [3.8, 4) is 0 Å². The van der Waals surface area contributed by atoms with Crippen molar-refractivity contribution < 1.29 is 5.21 Å². The van der Waals surface area contributed by atoms with E-state index < -0.39 is 11.2 Å².